The van der Waals surface area contributed by atoms with Crippen molar-refractivity contribution in [3.8, 4) is 0 Å². The van der Waals surface area contributed by atoms with Crippen LogP contribution in [0.15, 0.2) is 48.5 Å². The summed E-state index contributed by atoms with van der Waals surface area (Å²) in [7, 11) is 0. The van der Waals surface area contributed by atoms with Crippen molar-refractivity contribution in [1.82, 2.24) is 4.98 Å². The molecule has 166 valence electrons. The van der Waals surface area contributed by atoms with Crippen LogP contribution in [-0.4, -0.2) is 23.5 Å². The maximum absolute atomic E-state index is 13.2. The second-order valence-electron chi connectivity index (χ2n) is 9.37. The minimum Gasteiger partial charge on any atom is -0.452 e. The quantitative estimate of drug-likeness (QED) is 0.564. The van der Waals surface area contributed by atoms with Crippen molar-refractivity contribution in [2.45, 2.75) is 40.0 Å². The van der Waals surface area contributed by atoms with E-state index >= 15 is 0 Å². The second-order valence-corrected chi connectivity index (χ2v) is 9.37. The number of carbonyl (C=O) groups is 2. The summed E-state index contributed by atoms with van der Waals surface area (Å²) in [5.41, 5.74) is 3.68. The molecule has 0 fully saturated rings. The van der Waals surface area contributed by atoms with Gasteiger partial charge in [0.05, 0.1) is 11.1 Å². The maximum Gasteiger partial charge on any atom is 0.339 e. The van der Waals surface area contributed by atoms with Crippen molar-refractivity contribution in [2.24, 2.45) is 11.3 Å². The minimum atomic E-state index is -0.524. The molecule has 1 unspecified atom stereocenters. The molecule has 0 spiro atoms. The number of anilines is 1. The van der Waals surface area contributed by atoms with Gasteiger partial charge < -0.3 is 10.1 Å². The summed E-state index contributed by atoms with van der Waals surface area (Å²) in [6.45, 7) is 6.23. The first-order chi connectivity index (χ1) is 15.2. The van der Waals surface area contributed by atoms with Gasteiger partial charge in [0.15, 0.2) is 6.61 Å². The molecule has 1 heterocycles. The van der Waals surface area contributed by atoms with Gasteiger partial charge in [-0.2, -0.15) is 0 Å². The third kappa shape index (κ3) is 4.64. The van der Waals surface area contributed by atoms with Gasteiger partial charge in [0, 0.05) is 16.8 Å². The summed E-state index contributed by atoms with van der Waals surface area (Å²) >= 11 is 0. The summed E-state index contributed by atoms with van der Waals surface area (Å²) in [6.07, 6.45) is 2.59. The van der Waals surface area contributed by atoms with Crippen molar-refractivity contribution in [3.63, 3.8) is 0 Å². The fraction of sp³-hybridized carbons (Fsp3) is 0.346. The number of pyridine rings is 1. The molecule has 6 heteroatoms. The number of aryl methyl sites for hydroxylation is 1. The van der Waals surface area contributed by atoms with Crippen LogP contribution in [0.3, 0.4) is 0 Å². The van der Waals surface area contributed by atoms with Crippen molar-refractivity contribution < 1.29 is 18.7 Å². The summed E-state index contributed by atoms with van der Waals surface area (Å²) in [4.78, 5) is 30.3. The van der Waals surface area contributed by atoms with E-state index in [4.69, 9.17) is 9.72 Å². The Morgan fingerprint density at radius 2 is 1.84 bits per heavy atom. The molecule has 32 heavy (non-hydrogen) atoms. The topological polar surface area (TPSA) is 68.3 Å². The first kappa shape index (κ1) is 21.9. The zero-order valence-electron chi connectivity index (χ0n) is 18.6. The fourth-order valence-electron chi connectivity index (χ4n) is 4.29. The lowest BCUT2D eigenvalue weighted by Gasteiger charge is -2.35. The molecule has 1 atom stereocenters. The van der Waals surface area contributed by atoms with Crippen LogP contribution in [0.25, 0.3) is 10.9 Å². The number of aromatic nitrogens is 1. The third-order valence-corrected chi connectivity index (χ3v) is 6.15. The SMILES string of the molecule is CC(C)(C)C1CCc2nc3ccccc3c(C(=O)OCC(=O)Nc3ccc(F)cc3)c2C1. The Kier molecular flexibility index (Phi) is 5.96. The van der Waals surface area contributed by atoms with Crippen molar-refractivity contribution in [1.29, 1.82) is 0 Å². The van der Waals surface area contributed by atoms with Gasteiger partial charge in [0.25, 0.3) is 5.91 Å². The normalized spacial score (nSPS) is 15.8. The van der Waals surface area contributed by atoms with E-state index in [9.17, 15) is 14.0 Å². The number of carbonyl (C=O) groups excluding carboxylic acids is 2. The lowest BCUT2D eigenvalue weighted by atomic mass is 9.70. The van der Waals surface area contributed by atoms with E-state index in [1.807, 2.05) is 24.3 Å². The van der Waals surface area contributed by atoms with Crippen molar-refractivity contribution >= 4 is 28.5 Å². The van der Waals surface area contributed by atoms with Crippen LogP contribution in [0.4, 0.5) is 10.1 Å². The van der Waals surface area contributed by atoms with E-state index in [1.165, 1.54) is 24.3 Å². The molecular formula is C26H27FN2O3. The Hall–Kier alpha value is -3.28. The van der Waals surface area contributed by atoms with Crippen molar-refractivity contribution in [2.75, 3.05) is 11.9 Å². The van der Waals surface area contributed by atoms with Crippen LogP contribution in [0, 0.1) is 17.2 Å². The van der Waals surface area contributed by atoms with Crippen LogP contribution >= 0.6 is 0 Å². The molecule has 0 radical (unpaired) electrons. The molecule has 0 bridgehead atoms. The van der Waals surface area contributed by atoms with E-state index < -0.39 is 24.3 Å². The number of benzene rings is 2. The Morgan fingerprint density at radius 3 is 2.56 bits per heavy atom. The molecule has 1 amide bonds. The van der Waals surface area contributed by atoms with Gasteiger partial charge in [-0.25, -0.2) is 9.18 Å². The number of rotatable bonds is 4. The molecule has 1 aromatic heterocycles. The molecule has 4 rings (SSSR count). The molecule has 1 aliphatic rings. The number of esters is 1. The Balaban J connectivity index is 1.59. The molecule has 1 aliphatic carbocycles. The number of para-hydroxylation sites is 1. The second kappa shape index (κ2) is 8.69. The first-order valence-electron chi connectivity index (χ1n) is 10.9. The predicted molar refractivity (Wildman–Crippen MR) is 122 cm³/mol. The number of hydrogen-bond donors (Lipinski definition) is 1. The molecule has 0 saturated heterocycles. The highest BCUT2D eigenvalue weighted by Gasteiger charge is 2.33. The largest absolute Gasteiger partial charge is 0.452 e. The summed E-state index contributed by atoms with van der Waals surface area (Å²) in [5.74, 6) is -0.975. The van der Waals surface area contributed by atoms with E-state index in [2.05, 4.69) is 26.1 Å². The molecule has 1 N–H and O–H groups in total. The molecule has 2 aromatic carbocycles. The number of hydrogen-bond acceptors (Lipinski definition) is 4. The highest BCUT2D eigenvalue weighted by molar-refractivity contribution is 6.06. The van der Waals surface area contributed by atoms with Gasteiger partial charge in [0.2, 0.25) is 0 Å². The molecule has 5 nitrogen and oxygen atoms in total. The van der Waals surface area contributed by atoms with Crippen LogP contribution in [0.2, 0.25) is 0 Å². The number of amides is 1. The van der Waals surface area contributed by atoms with Gasteiger partial charge in [-0.05, 0) is 66.5 Å². The van der Waals surface area contributed by atoms with E-state index in [0.717, 1.165) is 41.4 Å². The Morgan fingerprint density at radius 1 is 1.12 bits per heavy atom. The average Bonchev–Trinajstić information content (AvgIpc) is 2.76. The third-order valence-electron chi connectivity index (χ3n) is 6.15. The number of halogens is 1. The zero-order chi connectivity index (χ0) is 22.9. The monoisotopic (exact) mass is 434 g/mol. The standard InChI is InChI=1S/C26H27FN2O3/c1-26(2,3)16-8-13-22-20(14-16)24(19-6-4-5-7-21(19)29-22)25(31)32-15-23(30)28-18-11-9-17(27)10-12-18/h4-7,9-12,16H,8,13-15H2,1-3H3,(H,28,30). The van der Waals surface area contributed by atoms with E-state index in [1.54, 1.807) is 0 Å². The lowest BCUT2D eigenvalue weighted by Crippen LogP contribution is -2.29. The van der Waals surface area contributed by atoms with Crippen LogP contribution in [0.1, 0.15) is 48.8 Å². The van der Waals surface area contributed by atoms with Gasteiger partial charge >= 0.3 is 5.97 Å². The highest BCUT2D eigenvalue weighted by Crippen LogP contribution is 2.39. The zero-order valence-corrected chi connectivity index (χ0v) is 18.6. The first-order valence-corrected chi connectivity index (χ1v) is 10.9. The smallest absolute Gasteiger partial charge is 0.339 e. The number of fused-ring (bicyclic) bond motifs is 2. The van der Waals surface area contributed by atoms with Gasteiger partial charge in [-0.1, -0.05) is 39.0 Å². The summed E-state index contributed by atoms with van der Waals surface area (Å²) in [5, 5.41) is 3.35. The van der Waals surface area contributed by atoms with Gasteiger partial charge in [0.1, 0.15) is 5.82 Å². The number of ether oxygens (including phenoxy) is 1. The highest BCUT2D eigenvalue weighted by atomic mass is 19.1. The fourth-order valence-corrected chi connectivity index (χ4v) is 4.29. The van der Waals surface area contributed by atoms with Crippen LogP contribution in [-0.2, 0) is 22.4 Å². The molecule has 0 saturated carbocycles. The predicted octanol–water partition coefficient (Wildman–Crippen LogP) is 5.32. The van der Waals surface area contributed by atoms with E-state index in [-0.39, 0.29) is 5.41 Å². The van der Waals surface area contributed by atoms with Gasteiger partial charge in [-0.15, -0.1) is 0 Å². The Labute approximate surface area is 187 Å². The minimum absolute atomic E-state index is 0.111. The molecule has 3 aromatic rings. The summed E-state index contributed by atoms with van der Waals surface area (Å²) < 4.78 is 18.5. The summed E-state index contributed by atoms with van der Waals surface area (Å²) in [6, 6.07) is 12.9. The van der Waals surface area contributed by atoms with Crippen LogP contribution < -0.4 is 5.32 Å². The molecule has 0 aliphatic heterocycles. The molecular weight excluding hydrogens is 407 g/mol. The van der Waals surface area contributed by atoms with Gasteiger partial charge in [-0.3, -0.25) is 9.78 Å². The Bertz CT molecular complexity index is 1170. The number of nitrogens with zero attached hydrogens (tertiary/aromatic N) is 1. The van der Waals surface area contributed by atoms with Crippen molar-refractivity contribution in [3.05, 3.63) is 71.2 Å². The maximum atomic E-state index is 13.2. The van der Waals surface area contributed by atoms with Crippen LogP contribution in [0.5, 0.6) is 0 Å². The number of nitrogens with one attached hydrogen (secondary N) is 1. The lowest BCUT2D eigenvalue weighted by molar-refractivity contribution is -0.119. The van der Waals surface area contributed by atoms with E-state index in [0.29, 0.717) is 17.2 Å². The average molecular weight is 435 g/mol.